The summed E-state index contributed by atoms with van der Waals surface area (Å²) in [6.07, 6.45) is -0.119. The molecule has 0 saturated carbocycles. The molecule has 0 aliphatic carbocycles. The van der Waals surface area contributed by atoms with Gasteiger partial charge in [-0.1, -0.05) is 66.7 Å². The van der Waals surface area contributed by atoms with Gasteiger partial charge in [-0.3, -0.25) is 0 Å². The van der Waals surface area contributed by atoms with Gasteiger partial charge in [0.15, 0.2) is 6.23 Å². The van der Waals surface area contributed by atoms with Crippen LogP contribution in [0.3, 0.4) is 0 Å². The number of aromatic nitrogens is 1. The molecule has 114 valence electrons. The molecule has 0 radical (unpaired) electrons. The molecule has 4 rings (SSSR count). The Kier molecular flexibility index (Phi) is 3.60. The molecule has 1 heterocycles. The second kappa shape index (κ2) is 5.90. The van der Waals surface area contributed by atoms with E-state index in [1.54, 1.807) is 0 Å². The van der Waals surface area contributed by atoms with E-state index in [4.69, 9.17) is 4.74 Å². The Hall–Kier alpha value is -2.58. The topological polar surface area (TPSA) is 14.2 Å². The van der Waals surface area contributed by atoms with E-state index in [1.165, 1.54) is 27.4 Å². The normalized spacial score (nSPS) is 12.7. The van der Waals surface area contributed by atoms with Gasteiger partial charge >= 0.3 is 0 Å². The Morgan fingerprint density at radius 2 is 1.26 bits per heavy atom. The zero-order valence-electron chi connectivity index (χ0n) is 13.1. The molecule has 0 amide bonds. The number of nitrogens with zero attached hydrogens (tertiary/aromatic N) is 1. The van der Waals surface area contributed by atoms with Gasteiger partial charge in [-0.15, -0.1) is 0 Å². The van der Waals surface area contributed by atoms with Gasteiger partial charge in [0.1, 0.15) is 0 Å². The third-order valence-electron chi connectivity index (χ3n) is 4.26. The molecule has 23 heavy (non-hydrogen) atoms. The van der Waals surface area contributed by atoms with Gasteiger partial charge in [-0.2, -0.15) is 0 Å². The summed E-state index contributed by atoms with van der Waals surface area (Å²) in [5, 5.41) is 2.53. The lowest BCUT2D eigenvalue weighted by molar-refractivity contribution is 0.0470. The minimum absolute atomic E-state index is 0.119. The lowest BCUT2D eigenvalue weighted by Gasteiger charge is -2.21. The summed E-state index contributed by atoms with van der Waals surface area (Å²) in [5.41, 5.74) is 3.58. The smallest absolute Gasteiger partial charge is 0.160 e. The van der Waals surface area contributed by atoms with Gasteiger partial charge in [-0.05, 0) is 19.1 Å². The first-order chi connectivity index (χ1) is 11.4. The van der Waals surface area contributed by atoms with E-state index in [0.717, 1.165) is 0 Å². The van der Waals surface area contributed by atoms with Crippen molar-refractivity contribution in [3.05, 3.63) is 84.4 Å². The summed E-state index contributed by atoms with van der Waals surface area (Å²) in [6.45, 7) is 2.71. The average molecular weight is 301 g/mol. The highest BCUT2D eigenvalue weighted by atomic mass is 16.5. The highest BCUT2D eigenvalue weighted by Gasteiger charge is 2.19. The van der Waals surface area contributed by atoms with Crippen molar-refractivity contribution in [2.45, 2.75) is 13.2 Å². The minimum atomic E-state index is -0.119. The Morgan fingerprint density at radius 1 is 0.739 bits per heavy atom. The van der Waals surface area contributed by atoms with E-state index in [1.807, 2.05) is 13.0 Å². The van der Waals surface area contributed by atoms with Gasteiger partial charge in [0.05, 0.1) is 11.0 Å². The fourth-order valence-electron chi connectivity index (χ4n) is 3.30. The van der Waals surface area contributed by atoms with Crippen LogP contribution in [-0.2, 0) is 4.74 Å². The number of fused-ring (bicyclic) bond motifs is 3. The van der Waals surface area contributed by atoms with E-state index in [2.05, 4.69) is 77.4 Å². The summed E-state index contributed by atoms with van der Waals surface area (Å²) < 4.78 is 8.46. The van der Waals surface area contributed by atoms with Crippen LogP contribution < -0.4 is 0 Å². The predicted molar refractivity (Wildman–Crippen MR) is 95.7 cm³/mol. The summed E-state index contributed by atoms with van der Waals surface area (Å²) in [5.74, 6) is 0. The van der Waals surface area contributed by atoms with Crippen molar-refractivity contribution < 1.29 is 4.74 Å². The second-order valence-corrected chi connectivity index (χ2v) is 5.62. The zero-order chi connectivity index (χ0) is 15.6. The summed E-state index contributed by atoms with van der Waals surface area (Å²) >= 11 is 0. The molecular formula is C21H19NO. The summed E-state index contributed by atoms with van der Waals surface area (Å²) in [6, 6.07) is 27.5. The molecule has 0 spiro atoms. The SMILES string of the molecule is CCO[C@H](c1ccccc1)n1c2ccccc2c2ccccc21. The molecule has 0 aliphatic heterocycles. The van der Waals surface area contributed by atoms with Crippen LogP contribution in [0.5, 0.6) is 0 Å². The van der Waals surface area contributed by atoms with Gasteiger partial charge in [-0.25, -0.2) is 0 Å². The van der Waals surface area contributed by atoms with Crippen LogP contribution in [0, 0.1) is 0 Å². The molecule has 0 aliphatic rings. The van der Waals surface area contributed by atoms with Crippen LogP contribution in [0.2, 0.25) is 0 Å². The van der Waals surface area contributed by atoms with E-state index >= 15 is 0 Å². The van der Waals surface area contributed by atoms with E-state index in [-0.39, 0.29) is 6.23 Å². The van der Waals surface area contributed by atoms with Gasteiger partial charge < -0.3 is 9.30 Å². The Morgan fingerprint density at radius 3 is 1.83 bits per heavy atom. The maximum atomic E-state index is 6.15. The Balaban J connectivity index is 2.05. The highest BCUT2D eigenvalue weighted by molar-refractivity contribution is 6.08. The van der Waals surface area contributed by atoms with Crippen molar-refractivity contribution in [1.82, 2.24) is 4.57 Å². The Bertz CT molecular complexity index is 887. The molecule has 0 bridgehead atoms. The number of para-hydroxylation sites is 2. The molecule has 4 aromatic rings. The molecule has 0 N–H and O–H groups in total. The largest absolute Gasteiger partial charge is 0.354 e. The molecule has 2 nitrogen and oxygen atoms in total. The maximum absolute atomic E-state index is 6.15. The lowest BCUT2D eigenvalue weighted by Crippen LogP contribution is -2.14. The molecule has 2 heteroatoms. The first kappa shape index (κ1) is 14.0. The quantitative estimate of drug-likeness (QED) is 0.494. The number of rotatable bonds is 4. The monoisotopic (exact) mass is 301 g/mol. The van der Waals surface area contributed by atoms with Crippen LogP contribution in [0.1, 0.15) is 18.7 Å². The third kappa shape index (κ3) is 2.32. The van der Waals surface area contributed by atoms with Crippen molar-refractivity contribution in [1.29, 1.82) is 0 Å². The Labute approximate surface area is 135 Å². The van der Waals surface area contributed by atoms with Gasteiger partial charge in [0.2, 0.25) is 0 Å². The fourth-order valence-corrected chi connectivity index (χ4v) is 3.30. The number of hydrogen-bond donors (Lipinski definition) is 0. The van der Waals surface area contributed by atoms with Crippen LogP contribution in [0.25, 0.3) is 21.8 Å². The van der Waals surface area contributed by atoms with Gasteiger partial charge in [0.25, 0.3) is 0 Å². The zero-order valence-corrected chi connectivity index (χ0v) is 13.1. The highest BCUT2D eigenvalue weighted by Crippen LogP contribution is 2.34. The van der Waals surface area contributed by atoms with Crippen molar-refractivity contribution in [3.8, 4) is 0 Å². The van der Waals surface area contributed by atoms with Crippen LogP contribution in [-0.4, -0.2) is 11.2 Å². The maximum Gasteiger partial charge on any atom is 0.160 e. The summed E-state index contributed by atoms with van der Waals surface area (Å²) in [4.78, 5) is 0. The predicted octanol–water partition coefficient (Wildman–Crippen LogP) is 5.38. The minimum Gasteiger partial charge on any atom is -0.354 e. The lowest BCUT2D eigenvalue weighted by atomic mass is 10.2. The van der Waals surface area contributed by atoms with Crippen LogP contribution in [0.4, 0.5) is 0 Å². The van der Waals surface area contributed by atoms with Crippen molar-refractivity contribution in [3.63, 3.8) is 0 Å². The van der Waals surface area contributed by atoms with Crippen molar-refractivity contribution in [2.75, 3.05) is 6.61 Å². The molecule has 0 unspecified atom stereocenters. The molecule has 0 saturated heterocycles. The molecule has 1 atom stereocenters. The van der Waals surface area contributed by atoms with Gasteiger partial charge in [0, 0.05) is 22.9 Å². The molecule has 0 fully saturated rings. The summed E-state index contributed by atoms with van der Waals surface area (Å²) in [7, 11) is 0. The first-order valence-electron chi connectivity index (χ1n) is 8.04. The molecule has 3 aromatic carbocycles. The number of benzene rings is 3. The molecular weight excluding hydrogens is 282 g/mol. The first-order valence-corrected chi connectivity index (χ1v) is 8.04. The molecule has 1 aromatic heterocycles. The van der Waals surface area contributed by atoms with Crippen LogP contribution >= 0.6 is 0 Å². The van der Waals surface area contributed by atoms with E-state index in [0.29, 0.717) is 6.61 Å². The standard InChI is InChI=1S/C21H19NO/c1-2-23-21(16-10-4-3-5-11-16)22-19-14-8-6-12-17(19)18-13-7-9-15-20(18)22/h3-15,21H,2H2,1H3/t21-/m1/s1. The number of ether oxygens (including phenoxy) is 1. The van der Waals surface area contributed by atoms with Crippen molar-refractivity contribution in [2.24, 2.45) is 0 Å². The van der Waals surface area contributed by atoms with Crippen molar-refractivity contribution >= 4 is 21.8 Å². The van der Waals surface area contributed by atoms with E-state index < -0.39 is 0 Å². The second-order valence-electron chi connectivity index (χ2n) is 5.62. The fraction of sp³-hybridized carbons (Fsp3) is 0.143. The third-order valence-corrected chi connectivity index (χ3v) is 4.26. The number of hydrogen-bond acceptors (Lipinski definition) is 1. The van der Waals surface area contributed by atoms with Crippen LogP contribution in [0.15, 0.2) is 78.9 Å². The van der Waals surface area contributed by atoms with E-state index in [9.17, 15) is 0 Å². The average Bonchev–Trinajstić information content (AvgIpc) is 2.95.